The molecule has 0 N–H and O–H groups in total. The van der Waals surface area contributed by atoms with Gasteiger partial charge in [0.1, 0.15) is 11.8 Å². The van der Waals surface area contributed by atoms with Gasteiger partial charge in [0.05, 0.1) is 29.5 Å². The summed E-state index contributed by atoms with van der Waals surface area (Å²) in [7, 11) is 1.59. The quantitative estimate of drug-likeness (QED) is 0.312. The van der Waals surface area contributed by atoms with Crippen molar-refractivity contribution in [1.82, 2.24) is 4.57 Å². The van der Waals surface area contributed by atoms with Gasteiger partial charge >= 0.3 is 5.97 Å². The van der Waals surface area contributed by atoms with E-state index in [1.54, 1.807) is 18.6 Å². The summed E-state index contributed by atoms with van der Waals surface area (Å²) in [4.78, 5) is 33.2. The minimum atomic E-state index is -0.781. The molecule has 3 heterocycles. The second-order valence-corrected chi connectivity index (χ2v) is 10.4. The van der Waals surface area contributed by atoms with Crippen LogP contribution in [0.5, 0.6) is 17.2 Å². The number of thiazole rings is 1. The van der Waals surface area contributed by atoms with Gasteiger partial charge in [0.25, 0.3) is 5.56 Å². The van der Waals surface area contributed by atoms with Gasteiger partial charge in [-0.1, -0.05) is 61.1 Å². The zero-order chi connectivity index (χ0) is 27.8. The Morgan fingerprint density at radius 1 is 1.12 bits per heavy atom. The molecule has 3 aromatic carbocycles. The van der Waals surface area contributed by atoms with Gasteiger partial charge in [0.15, 0.2) is 16.3 Å². The normalized spacial score (nSPS) is 16.2. The van der Waals surface area contributed by atoms with Crippen LogP contribution in [0, 0.1) is 0 Å². The van der Waals surface area contributed by atoms with Gasteiger partial charge in [-0.2, -0.15) is 0 Å². The number of carbonyl (C=O) groups is 1. The molecule has 1 atom stereocenters. The van der Waals surface area contributed by atoms with E-state index in [9.17, 15) is 9.59 Å². The number of hydrogen-bond acceptors (Lipinski definition) is 8. The molecule has 4 aromatic rings. The average molecular weight is 557 g/mol. The van der Waals surface area contributed by atoms with Crippen molar-refractivity contribution in [3.05, 3.63) is 96.7 Å². The first-order valence-electron chi connectivity index (χ1n) is 13.2. The lowest BCUT2D eigenvalue weighted by Crippen LogP contribution is -2.40. The molecule has 6 rings (SSSR count). The number of fused-ring (bicyclic) bond motifs is 3. The van der Waals surface area contributed by atoms with Crippen molar-refractivity contribution in [1.29, 1.82) is 0 Å². The number of benzene rings is 3. The van der Waals surface area contributed by atoms with Crippen molar-refractivity contribution in [3.8, 4) is 17.2 Å². The Morgan fingerprint density at radius 2 is 1.95 bits per heavy atom. The highest BCUT2D eigenvalue weighted by atomic mass is 32.1. The Balaban J connectivity index is 1.65. The van der Waals surface area contributed by atoms with Gasteiger partial charge in [0, 0.05) is 5.56 Å². The summed E-state index contributed by atoms with van der Waals surface area (Å²) in [5.74, 6) is 1.40. The molecule has 0 amide bonds. The number of ether oxygens (including phenoxy) is 4. The summed E-state index contributed by atoms with van der Waals surface area (Å²) in [5.41, 5.74) is 2.26. The number of carbonyl (C=O) groups excluding carboxylic acids is 1. The minimum absolute atomic E-state index is 0.171. The number of aromatic nitrogens is 1. The fraction of sp³-hybridized carbons (Fsp3) is 0.258. The topological polar surface area (TPSA) is 88.4 Å². The highest BCUT2D eigenvalue weighted by Gasteiger charge is 2.37. The van der Waals surface area contributed by atoms with Crippen molar-refractivity contribution >= 4 is 34.2 Å². The number of rotatable bonds is 7. The monoisotopic (exact) mass is 556 g/mol. The molecule has 9 heteroatoms. The third-order valence-corrected chi connectivity index (χ3v) is 7.99. The lowest BCUT2D eigenvalue weighted by molar-refractivity contribution is -0.139. The van der Waals surface area contributed by atoms with Crippen LogP contribution in [0.1, 0.15) is 43.9 Å². The molecule has 0 fully saturated rings. The molecular formula is C31H28N2O6S. The fourth-order valence-electron chi connectivity index (χ4n) is 5.28. The first-order valence-corrected chi connectivity index (χ1v) is 14.0. The van der Waals surface area contributed by atoms with E-state index in [2.05, 4.69) is 0 Å². The van der Waals surface area contributed by atoms with Gasteiger partial charge in [-0.05, 0) is 54.0 Å². The van der Waals surface area contributed by atoms with E-state index in [-0.39, 0.29) is 19.0 Å². The molecule has 0 bridgehead atoms. The predicted molar refractivity (Wildman–Crippen MR) is 153 cm³/mol. The van der Waals surface area contributed by atoms with E-state index in [4.69, 9.17) is 23.9 Å². The Morgan fingerprint density at radius 3 is 2.75 bits per heavy atom. The summed E-state index contributed by atoms with van der Waals surface area (Å²) in [6.45, 7) is 4.18. The third-order valence-electron chi connectivity index (χ3n) is 7.01. The molecule has 0 saturated carbocycles. The van der Waals surface area contributed by atoms with Crippen molar-refractivity contribution in [2.45, 2.75) is 32.7 Å². The fourth-order valence-corrected chi connectivity index (χ4v) is 6.30. The van der Waals surface area contributed by atoms with E-state index in [1.165, 1.54) is 11.3 Å². The van der Waals surface area contributed by atoms with Crippen molar-refractivity contribution in [2.75, 3.05) is 20.5 Å². The molecule has 1 aromatic heterocycles. The van der Waals surface area contributed by atoms with Crippen molar-refractivity contribution in [2.24, 2.45) is 4.99 Å². The van der Waals surface area contributed by atoms with Crippen LogP contribution in [-0.4, -0.2) is 31.0 Å². The lowest BCUT2D eigenvalue weighted by Gasteiger charge is -2.28. The average Bonchev–Trinajstić information content (AvgIpc) is 3.55. The zero-order valence-corrected chi connectivity index (χ0v) is 23.2. The predicted octanol–water partition coefficient (Wildman–Crippen LogP) is 4.47. The van der Waals surface area contributed by atoms with Crippen molar-refractivity contribution in [3.63, 3.8) is 0 Å². The standard InChI is InChI=1S/C31H28N2O6S/c1-4-8-21-27(30(35)37-5-2)28(26-20-10-7-6-9-19(20)12-14-23(26)36-3)33-29(34)25(40-31(33)32-21)16-18-11-13-22-24(15-18)39-17-38-22/h6-7,9-16,28H,4-5,8,17H2,1-3H3/b25-16-. The van der Waals surface area contributed by atoms with Crippen LogP contribution in [0.4, 0.5) is 0 Å². The summed E-state index contributed by atoms with van der Waals surface area (Å²) >= 11 is 1.29. The molecular weight excluding hydrogens is 528 g/mol. The number of hydrogen-bond donors (Lipinski definition) is 0. The van der Waals surface area contributed by atoms with E-state index >= 15 is 0 Å². The van der Waals surface area contributed by atoms with Crippen LogP contribution in [0.3, 0.4) is 0 Å². The maximum atomic E-state index is 14.2. The molecule has 0 radical (unpaired) electrons. The van der Waals surface area contributed by atoms with Crippen LogP contribution in [0.15, 0.2) is 75.7 Å². The summed E-state index contributed by atoms with van der Waals surface area (Å²) in [6.07, 6.45) is 3.15. The minimum Gasteiger partial charge on any atom is -0.496 e. The van der Waals surface area contributed by atoms with E-state index in [0.717, 1.165) is 28.3 Å². The van der Waals surface area contributed by atoms with Gasteiger partial charge in [-0.15, -0.1) is 0 Å². The second kappa shape index (κ2) is 10.7. The van der Waals surface area contributed by atoms with Crippen LogP contribution in [0.25, 0.3) is 16.8 Å². The molecule has 0 spiro atoms. The molecule has 0 saturated heterocycles. The van der Waals surface area contributed by atoms with Gasteiger partial charge in [-0.25, -0.2) is 9.79 Å². The zero-order valence-electron chi connectivity index (χ0n) is 22.4. The summed E-state index contributed by atoms with van der Waals surface area (Å²) in [5, 5.41) is 1.86. The highest BCUT2D eigenvalue weighted by molar-refractivity contribution is 7.07. The first-order chi connectivity index (χ1) is 19.5. The van der Waals surface area contributed by atoms with Crippen LogP contribution < -0.4 is 29.1 Å². The number of methoxy groups -OCH3 is 1. The Hall–Kier alpha value is -4.37. The van der Waals surface area contributed by atoms with Gasteiger partial charge < -0.3 is 18.9 Å². The van der Waals surface area contributed by atoms with E-state index in [0.29, 0.717) is 44.3 Å². The molecule has 2 aliphatic heterocycles. The molecule has 204 valence electrons. The van der Waals surface area contributed by atoms with Crippen LogP contribution in [-0.2, 0) is 9.53 Å². The number of nitrogens with zero attached hydrogens (tertiary/aromatic N) is 2. The molecule has 2 aliphatic rings. The Labute approximate surface area is 234 Å². The maximum absolute atomic E-state index is 14.2. The van der Waals surface area contributed by atoms with Gasteiger partial charge in [-0.3, -0.25) is 9.36 Å². The Kier molecular flexibility index (Phi) is 6.89. The largest absolute Gasteiger partial charge is 0.496 e. The molecule has 40 heavy (non-hydrogen) atoms. The molecule has 0 aliphatic carbocycles. The van der Waals surface area contributed by atoms with E-state index < -0.39 is 12.0 Å². The summed E-state index contributed by atoms with van der Waals surface area (Å²) in [6, 6.07) is 16.5. The van der Waals surface area contributed by atoms with Crippen LogP contribution >= 0.6 is 11.3 Å². The van der Waals surface area contributed by atoms with Crippen LogP contribution in [0.2, 0.25) is 0 Å². The SMILES string of the molecule is CCCC1=C(C(=O)OCC)C(c2c(OC)ccc3ccccc23)n2c(s/c(=C\c3ccc4c(c3)OCO4)c2=O)=N1. The van der Waals surface area contributed by atoms with Crippen molar-refractivity contribution < 1.29 is 23.7 Å². The lowest BCUT2D eigenvalue weighted by atomic mass is 9.90. The maximum Gasteiger partial charge on any atom is 0.338 e. The third kappa shape index (κ3) is 4.36. The van der Waals surface area contributed by atoms with Gasteiger partial charge in [0.2, 0.25) is 6.79 Å². The smallest absolute Gasteiger partial charge is 0.338 e. The first kappa shape index (κ1) is 25.9. The molecule has 8 nitrogen and oxygen atoms in total. The highest BCUT2D eigenvalue weighted by Crippen LogP contribution is 2.41. The number of allylic oxidation sites excluding steroid dienone is 1. The van der Waals surface area contributed by atoms with E-state index in [1.807, 2.05) is 67.6 Å². The summed E-state index contributed by atoms with van der Waals surface area (Å²) < 4.78 is 24.4. The number of esters is 1. The second-order valence-electron chi connectivity index (χ2n) is 9.43. The Bertz CT molecular complexity index is 1850. The molecule has 1 unspecified atom stereocenters.